The van der Waals surface area contributed by atoms with Gasteiger partial charge in [0, 0.05) is 19.7 Å². The van der Waals surface area contributed by atoms with E-state index in [9.17, 15) is 28.0 Å². The van der Waals surface area contributed by atoms with Gasteiger partial charge in [0.15, 0.2) is 5.82 Å². The number of methoxy groups -OCH3 is 1. The third-order valence-electron chi connectivity index (χ3n) is 4.26. The van der Waals surface area contributed by atoms with Gasteiger partial charge in [0.05, 0.1) is 12.6 Å². The van der Waals surface area contributed by atoms with Crippen molar-refractivity contribution in [3.05, 3.63) is 64.6 Å². The van der Waals surface area contributed by atoms with Crippen LogP contribution in [0.25, 0.3) is 0 Å². The summed E-state index contributed by atoms with van der Waals surface area (Å²) in [5.41, 5.74) is 5.43. The van der Waals surface area contributed by atoms with Crippen molar-refractivity contribution in [3.8, 4) is 5.75 Å². The molecule has 5 N–H and O–H groups in total. The van der Waals surface area contributed by atoms with E-state index < -0.39 is 47.3 Å². The number of rotatable bonds is 10. The molecular formula is C19H23F4N3O4. The Labute approximate surface area is 170 Å². The molecule has 0 saturated heterocycles. The fourth-order valence-corrected chi connectivity index (χ4v) is 2.68. The predicted molar refractivity (Wildman–Crippen MR) is 99.6 cm³/mol. The maximum Gasteiger partial charge on any atom is 0.404 e. The summed E-state index contributed by atoms with van der Waals surface area (Å²) in [6, 6.07) is 7.84. The van der Waals surface area contributed by atoms with Crippen LogP contribution in [0.3, 0.4) is 0 Å². The number of nitrogens with one attached hydrogen (secondary N) is 2. The van der Waals surface area contributed by atoms with Crippen LogP contribution >= 0.6 is 0 Å². The summed E-state index contributed by atoms with van der Waals surface area (Å²) in [4.78, 5) is 0. The molecule has 0 spiro atoms. The molecule has 0 bridgehead atoms. The Morgan fingerprint density at radius 1 is 1.23 bits per heavy atom. The monoisotopic (exact) mass is 433 g/mol. The van der Waals surface area contributed by atoms with Crippen LogP contribution in [0.1, 0.15) is 17.2 Å². The second-order valence-corrected chi connectivity index (χ2v) is 6.52. The van der Waals surface area contributed by atoms with Crippen LogP contribution in [0.4, 0.5) is 23.2 Å². The summed E-state index contributed by atoms with van der Waals surface area (Å²) in [6.45, 7) is -0.849. The zero-order chi connectivity index (χ0) is 22.3. The summed E-state index contributed by atoms with van der Waals surface area (Å²) in [7, 11) is 1.31. The maximum atomic E-state index is 14.7. The minimum absolute atomic E-state index is 0.0580. The first kappa shape index (κ1) is 24.0. The highest BCUT2D eigenvalue weighted by atomic mass is 19.4. The van der Waals surface area contributed by atoms with E-state index in [1.807, 2.05) is 0 Å². The third kappa shape index (κ3) is 6.62. The highest BCUT2D eigenvalue weighted by molar-refractivity contribution is 5.50. The zero-order valence-electron chi connectivity index (χ0n) is 16.1. The van der Waals surface area contributed by atoms with E-state index in [4.69, 9.17) is 15.2 Å². The maximum absolute atomic E-state index is 14.7. The van der Waals surface area contributed by atoms with E-state index >= 15 is 0 Å². The molecule has 0 heterocycles. The van der Waals surface area contributed by atoms with Gasteiger partial charge in [-0.1, -0.05) is 30.3 Å². The third-order valence-corrected chi connectivity index (χ3v) is 4.26. The van der Waals surface area contributed by atoms with Crippen LogP contribution in [0.15, 0.2) is 42.5 Å². The summed E-state index contributed by atoms with van der Waals surface area (Å²) < 4.78 is 63.0. The Balaban J connectivity index is 2.25. The highest BCUT2D eigenvalue weighted by Crippen LogP contribution is 2.30. The van der Waals surface area contributed by atoms with E-state index in [1.54, 1.807) is 30.3 Å². The van der Waals surface area contributed by atoms with Crippen LogP contribution in [0.2, 0.25) is 0 Å². The fraction of sp³-hybridized carbons (Fsp3) is 0.368. The first-order valence-corrected chi connectivity index (χ1v) is 8.91. The number of quaternary nitrogens is 1. The van der Waals surface area contributed by atoms with Crippen molar-refractivity contribution in [1.29, 1.82) is 0 Å². The lowest BCUT2D eigenvalue weighted by Gasteiger charge is -2.24. The van der Waals surface area contributed by atoms with Crippen LogP contribution in [0, 0.1) is 11.0 Å². The molecule has 0 fully saturated rings. The van der Waals surface area contributed by atoms with Crippen molar-refractivity contribution < 1.29 is 37.5 Å². The van der Waals surface area contributed by atoms with Gasteiger partial charge in [-0.05, 0) is 17.2 Å². The van der Waals surface area contributed by atoms with E-state index in [2.05, 4.69) is 5.32 Å². The average Bonchev–Trinajstić information content (AvgIpc) is 2.69. The number of ether oxygens (including phenoxy) is 2. The Morgan fingerprint density at radius 2 is 1.90 bits per heavy atom. The Morgan fingerprint density at radius 3 is 2.47 bits per heavy atom. The molecule has 166 valence electrons. The minimum Gasteiger partial charge on any atom is -0.595 e. The molecule has 2 unspecified atom stereocenters. The van der Waals surface area contributed by atoms with Gasteiger partial charge in [-0.15, -0.1) is 0 Å². The Hall–Kier alpha value is -2.28. The number of nitrogens with two attached hydrogens (primary N) is 1. The molecule has 3 atom stereocenters. The molecule has 0 saturated carbocycles. The van der Waals surface area contributed by atoms with Gasteiger partial charge in [-0.2, -0.15) is 18.4 Å². The summed E-state index contributed by atoms with van der Waals surface area (Å²) >= 11 is 0. The average molecular weight is 433 g/mol. The SMILES string of the molecule is COCC(NC[C@H](N)C(F)(F)F)c1cc(F)c(OCc2ccccc2)c([NH+]([O-])O)c1. The Kier molecular flexibility index (Phi) is 8.53. The van der Waals surface area contributed by atoms with E-state index in [-0.39, 0.29) is 18.8 Å². The minimum atomic E-state index is -4.61. The summed E-state index contributed by atoms with van der Waals surface area (Å²) in [5.74, 6) is -1.41. The molecule has 7 nitrogen and oxygen atoms in total. The van der Waals surface area contributed by atoms with E-state index in [0.29, 0.717) is 5.56 Å². The summed E-state index contributed by atoms with van der Waals surface area (Å²) in [5, 5.41) is 22.2. The molecule has 0 aliphatic heterocycles. The first-order chi connectivity index (χ1) is 14.1. The molecule has 2 aromatic rings. The van der Waals surface area contributed by atoms with Crippen LogP contribution in [-0.4, -0.2) is 37.7 Å². The molecule has 11 heteroatoms. The van der Waals surface area contributed by atoms with E-state index in [1.165, 1.54) is 7.11 Å². The second-order valence-electron chi connectivity index (χ2n) is 6.52. The first-order valence-electron chi connectivity index (χ1n) is 8.91. The fourth-order valence-electron chi connectivity index (χ4n) is 2.68. The Bertz CT molecular complexity index is 806. The lowest BCUT2D eigenvalue weighted by Crippen LogP contribution is -2.99. The molecule has 0 aliphatic carbocycles. The smallest absolute Gasteiger partial charge is 0.404 e. The largest absolute Gasteiger partial charge is 0.595 e. The standard InChI is InChI=1S/C19H23F4N3O4/c1-29-11-15(25-9-17(24)19(21,22)23)13-7-14(20)18(16(8-13)26(27)28)30-10-12-5-3-2-4-6-12/h2-8,15,17,25-27H,9-11,24H2,1H3/t15?,17-/m0/s1. The molecule has 30 heavy (non-hydrogen) atoms. The van der Waals surface area contributed by atoms with Crippen molar-refractivity contribution in [2.24, 2.45) is 5.73 Å². The molecular weight excluding hydrogens is 410 g/mol. The molecule has 0 amide bonds. The normalized spacial score (nSPS) is 14.9. The highest BCUT2D eigenvalue weighted by Gasteiger charge is 2.36. The van der Waals surface area contributed by atoms with Gasteiger partial charge in [-0.3, -0.25) is 0 Å². The van der Waals surface area contributed by atoms with Crippen molar-refractivity contribution in [2.45, 2.75) is 24.9 Å². The number of alkyl halides is 3. The molecule has 2 rings (SSSR count). The lowest BCUT2D eigenvalue weighted by atomic mass is 10.0. The van der Waals surface area contributed by atoms with Crippen molar-refractivity contribution in [1.82, 2.24) is 5.32 Å². The van der Waals surface area contributed by atoms with Crippen LogP contribution < -0.4 is 21.0 Å². The zero-order valence-corrected chi connectivity index (χ0v) is 16.1. The van der Waals surface area contributed by atoms with Gasteiger partial charge in [-0.25, -0.2) is 9.60 Å². The van der Waals surface area contributed by atoms with Gasteiger partial charge in [0.2, 0.25) is 11.4 Å². The second kappa shape index (κ2) is 10.7. The van der Waals surface area contributed by atoms with Crippen LogP contribution in [-0.2, 0) is 11.3 Å². The summed E-state index contributed by atoms with van der Waals surface area (Å²) in [6.07, 6.45) is -4.61. The molecule has 2 aromatic carbocycles. The van der Waals surface area contributed by atoms with Crippen LogP contribution in [0.5, 0.6) is 5.75 Å². The number of benzene rings is 2. The van der Waals surface area contributed by atoms with Crippen molar-refractivity contribution >= 4 is 5.69 Å². The van der Waals surface area contributed by atoms with Gasteiger partial charge >= 0.3 is 6.18 Å². The van der Waals surface area contributed by atoms with Crippen molar-refractivity contribution in [3.63, 3.8) is 0 Å². The van der Waals surface area contributed by atoms with Gasteiger partial charge in [0.25, 0.3) is 0 Å². The quantitative estimate of drug-likeness (QED) is 0.338. The molecule has 0 aromatic heterocycles. The van der Waals surface area contributed by atoms with Crippen molar-refractivity contribution in [2.75, 3.05) is 20.3 Å². The predicted octanol–water partition coefficient (Wildman–Crippen LogP) is 1.97. The molecule has 0 radical (unpaired) electrons. The van der Waals surface area contributed by atoms with Gasteiger partial charge in [0.1, 0.15) is 12.6 Å². The molecule has 0 aliphatic rings. The lowest BCUT2D eigenvalue weighted by molar-refractivity contribution is -0.991. The topological polar surface area (TPSA) is 104 Å². The number of hydrogen-bond donors (Lipinski definition) is 4. The number of halogens is 4. The van der Waals surface area contributed by atoms with Gasteiger partial charge < -0.3 is 25.7 Å². The number of hydrogen-bond acceptors (Lipinski definition) is 6. The van der Waals surface area contributed by atoms with E-state index in [0.717, 1.165) is 12.1 Å².